The van der Waals surface area contributed by atoms with Crippen LogP contribution < -0.4 is 5.32 Å². The Labute approximate surface area is 123 Å². The van der Waals surface area contributed by atoms with Crippen molar-refractivity contribution in [2.45, 2.75) is 61.0 Å². The summed E-state index contributed by atoms with van der Waals surface area (Å²) in [5, 5.41) is 3.35. The molecule has 1 aromatic heterocycles. The van der Waals surface area contributed by atoms with E-state index in [0.29, 0.717) is 6.61 Å². The van der Waals surface area contributed by atoms with E-state index in [4.69, 9.17) is 14.7 Å². The molecule has 0 aliphatic rings. The summed E-state index contributed by atoms with van der Waals surface area (Å²) in [6, 6.07) is 0. The van der Waals surface area contributed by atoms with Crippen molar-refractivity contribution < 1.29 is 4.74 Å². The molecule has 1 unspecified atom stereocenters. The smallest absolute Gasteiger partial charge is 0.160 e. The molecule has 1 N–H and O–H groups in total. The Morgan fingerprint density at radius 2 is 1.80 bits per heavy atom. The standard InChI is InChI=1S/C16H29N3O/c1-8-12-11(4)18-15(19-14(12)17-9-2)13(20-10-3)16(5,6)7/h13H,8-10H2,1-7H3,(H,17,18,19). The van der Waals surface area contributed by atoms with Crippen LogP contribution in [0.2, 0.25) is 0 Å². The van der Waals surface area contributed by atoms with Gasteiger partial charge in [-0.25, -0.2) is 9.97 Å². The Bertz CT molecular complexity index is 438. The lowest BCUT2D eigenvalue weighted by Gasteiger charge is -2.30. The molecule has 1 rings (SSSR count). The molecular formula is C16H29N3O. The predicted molar refractivity (Wildman–Crippen MR) is 84.1 cm³/mol. The first-order valence-corrected chi connectivity index (χ1v) is 7.57. The highest BCUT2D eigenvalue weighted by molar-refractivity contribution is 5.46. The second-order valence-corrected chi connectivity index (χ2v) is 6.08. The summed E-state index contributed by atoms with van der Waals surface area (Å²) < 4.78 is 5.90. The number of nitrogens with zero attached hydrogens (tertiary/aromatic N) is 2. The zero-order chi connectivity index (χ0) is 15.3. The van der Waals surface area contributed by atoms with Crippen molar-refractivity contribution in [3.05, 3.63) is 17.1 Å². The first kappa shape index (κ1) is 16.9. The molecule has 0 amide bonds. The van der Waals surface area contributed by atoms with Crippen LogP contribution in [0.5, 0.6) is 0 Å². The van der Waals surface area contributed by atoms with Gasteiger partial charge in [0.25, 0.3) is 0 Å². The Hall–Kier alpha value is -1.16. The predicted octanol–water partition coefficient (Wildman–Crippen LogP) is 3.90. The van der Waals surface area contributed by atoms with Crippen LogP contribution in [0.4, 0.5) is 5.82 Å². The Morgan fingerprint density at radius 1 is 1.15 bits per heavy atom. The maximum atomic E-state index is 5.90. The van der Waals surface area contributed by atoms with E-state index in [1.807, 2.05) is 6.92 Å². The number of rotatable bonds is 6. The van der Waals surface area contributed by atoms with Gasteiger partial charge in [0.15, 0.2) is 5.82 Å². The fourth-order valence-corrected chi connectivity index (χ4v) is 2.35. The highest BCUT2D eigenvalue weighted by Crippen LogP contribution is 2.35. The topological polar surface area (TPSA) is 47.0 Å². The van der Waals surface area contributed by atoms with Crippen molar-refractivity contribution in [1.29, 1.82) is 0 Å². The minimum absolute atomic E-state index is 0.0281. The number of aromatic nitrogens is 2. The fourth-order valence-electron chi connectivity index (χ4n) is 2.35. The van der Waals surface area contributed by atoms with Crippen LogP contribution in [0.25, 0.3) is 0 Å². The minimum Gasteiger partial charge on any atom is -0.370 e. The van der Waals surface area contributed by atoms with Crippen LogP contribution in [-0.2, 0) is 11.2 Å². The molecule has 20 heavy (non-hydrogen) atoms. The van der Waals surface area contributed by atoms with Crippen molar-refractivity contribution in [2.24, 2.45) is 5.41 Å². The van der Waals surface area contributed by atoms with Gasteiger partial charge in [-0.05, 0) is 32.6 Å². The van der Waals surface area contributed by atoms with Crippen molar-refractivity contribution >= 4 is 5.82 Å². The molecule has 0 spiro atoms. The maximum Gasteiger partial charge on any atom is 0.160 e. The summed E-state index contributed by atoms with van der Waals surface area (Å²) in [5.41, 5.74) is 2.21. The molecular weight excluding hydrogens is 250 g/mol. The number of hydrogen-bond acceptors (Lipinski definition) is 4. The molecule has 4 heteroatoms. The maximum absolute atomic E-state index is 5.90. The van der Waals surface area contributed by atoms with Gasteiger partial charge >= 0.3 is 0 Å². The molecule has 0 saturated heterocycles. The molecule has 0 aliphatic heterocycles. The molecule has 0 fully saturated rings. The molecule has 114 valence electrons. The van der Waals surface area contributed by atoms with Crippen molar-refractivity contribution in [2.75, 3.05) is 18.5 Å². The van der Waals surface area contributed by atoms with Gasteiger partial charge in [-0.2, -0.15) is 0 Å². The Kier molecular flexibility index (Phi) is 5.93. The highest BCUT2D eigenvalue weighted by Gasteiger charge is 2.30. The monoisotopic (exact) mass is 279 g/mol. The molecule has 4 nitrogen and oxygen atoms in total. The average molecular weight is 279 g/mol. The van der Waals surface area contributed by atoms with Crippen molar-refractivity contribution in [3.8, 4) is 0 Å². The number of aryl methyl sites for hydroxylation is 1. The Morgan fingerprint density at radius 3 is 2.25 bits per heavy atom. The highest BCUT2D eigenvalue weighted by atomic mass is 16.5. The van der Waals surface area contributed by atoms with Crippen LogP contribution in [0.15, 0.2) is 0 Å². The third-order valence-corrected chi connectivity index (χ3v) is 3.28. The molecule has 0 radical (unpaired) electrons. The van der Waals surface area contributed by atoms with Gasteiger partial charge in [0, 0.05) is 24.4 Å². The first-order chi connectivity index (χ1) is 9.35. The number of nitrogens with one attached hydrogen (secondary N) is 1. The lowest BCUT2D eigenvalue weighted by molar-refractivity contribution is -0.0191. The summed E-state index contributed by atoms with van der Waals surface area (Å²) in [4.78, 5) is 9.43. The van der Waals surface area contributed by atoms with Crippen molar-refractivity contribution in [3.63, 3.8) is 0 Å². The average Bonchev–Trinajstić information content (AvgIpc) is 2.34. The molecule has 0 aromatic carbocycles. The summed E-state index contributed by atoms with van der Waals surface area (Å²) in [6.07, 6.45) is 0.845. The second-order valence-electron chi connectivity index (χ2n) is 6.08. The van der Waals surface area contributed by atoms with Gasteiger partial charge < -0.3 is 10.1 Å². The quantitative estimate of drug-likeness (QED) is 0.858. The normalized spacial score (nSPS) is 13.3. The lowest BCUT2D eigenvalue weighted by Crippen LogP contribution is -2.25. The van der Waals surface area contributed by atoms with Crippen LogP contribution >= 0.6 is 0 Å². The fraction of sp³-hybridized carbons (Fsp3) is 0.750. The molecule has 1 atom stereocenters. The molecule has 0 bridgehead atoms. The number of ether oxygens (including phenoxy) is 1. The van der Waals surface area contributed by atoms with E-state index in [1.165, 1.54) is 5.56 Å². The largest absolute Gasteiger partial charge is 0.370 e. The third kappa shape index (κ3) is 3.92. The molecule has 0 aliphatic carbocycles. The SMILES string of the molecule is CCNc1nc(C(OCC)C(C)(C)C)nc(C)c1CC. The van der Waals surface area contributed by atoms with Crippen LogP contribution in [-0.4, -0.2) is 23.1 Å². The van der Waals surface area contributed by atoms with Crippen LogP contribution in [0, 0.1) is 12.3 Å². The van der Waals surface area contributed by atoms with E-state index >= 15 is 0 Å². The molecule has 0 saturated carbocycles. The van der Waals surface area contributed by atoms with Gasteiger partial charge in [-0.1, -0.05) is 27.7 Å². The van der Waals surface area contributed by atoms with E-state index in [2.05, 4.69) is 46.9 Å². The van der Waals surface area contributed by atoms with Crippen LogP contribution in [0.1, 0.15) is 64.7 Å². The first-order valence-electron chi connectivity index (χ1n) is 7.57. The van der Waals surface area contributed by atoms with Gasteiger partial charge in [-0.3, -0.25) is 0 Å². The zero-order valence-electron chi connectivity index (χ0n) is 14.0. The summed E-state index contributed by atoms with van der Waals surface area (Å²) in [6.45, 7) is 16.3. The van der Waals surface area contributed by atoms with Gasteiger partial charge in [-0.15, -0.1) is 0 Å². The van der Waals surface area contributed by atoms with Gasteiger partial charge in [0.05, 0.1) is 0 Å². The van der Waals surface area contributed by atoms with Crippen molar-refractivity contribution in [1.82, 2.24) is 9.97 Å². The van der Waals surface area contributed by atoms with E-state index in [1.54, 1.807) is 0 Å². The Balaban J connectivity index is 3.29. The van der Waals surface area contributed by atoms with E-state index < -0.39 is 0 Å². The number of hydrogen-bond donors (Lipinski definition) is 1. The summed E-state index contributed by atoms with van der Waals surface area (Å²) >= 11 is 0. The molecule has 1 heterocycles. The van der Waals surface area contributed by atoms with E-state index in [9.17, 15) is 0 Å². The number of anilines is 1. The summed E-state index contributed by atoms with van der Waals surface area (Å²) in [5.74, 6) is 1.73. The summed E-state index contributed by atoms with van der Waals surface area (Å²) in [7, 11) is 0. The zero-order valence-corrected chi connectivity index (χ0v) is 14.0. The van der Waals surface area contributed by atoms with Crippen LogP contribution in [0.3, 0.4) is 0 Å². The van der Waals surface area contributed by atoms with Gasteiger partial charge in [0.1, 0.15) is 11.9 Å². The minimum atomic E-state index is -0.0884. The second kappa shape index (κ2) is 7.02. The third-order valence-electron chi connectivity index (χ3n) is 3.28. The van der Waals surface area contributed by atoms with Gasteiger partial charge in [0.2, 0.25) is 0 Å². The van der Waals surface area contributed by atoms with E-state index in [-0.39, 0.29) is 11.5 Å². The molecule has 1 aromatic rings. The lowest BCUT2D eigenvalue weighted by atomic mass is 9.88. The van der Waals surface area contributed by atoms with E-state index in [0.717, 1.165) is 30.3 Å².